The molecule has 0 aliphatic heterocycles. The van der Waals surface area contributed by atoms with E-state index in [2.05, 4.69) is 11.5 Å². The molecule has 0 saturated carbocycles. The molecule has 0 aromatic carbocycles. The van der Waals surface area contributed by atoms with Crippen molar-refractivity contribution < 1.29 is 31.3 Å². The van der Waals surface area contributed by atoms with Crippen LogP contribution in [0.4, 0.5) is 0 Å². The number of carbonyl (C=O) groups excluding carboxylic acids is 2. The maximum Gasteiger partial charge on any atom is 0.198 e. The van der Waals surface area contributed by atoms with Gasteiger partial charge in [-0.05, 0) is 25.7 Å². The molecule has 0 rings (SSSR count). The molecular weight excluding hydrogens is 176 g/mol. The summed E-state index contributed by atoms with van der Waals surface area (Å²) in [5, 5.41) is 19.5. The Morgan fingerprint density at radius 1 is 0.923 bits per heavy atom. The summed E-state index contributed by atoms with van der Waals surface area (Å²) in [5.74, 6) is -2.28. The van der Waals surface area contributed by atoms with Crippen LogP contribution >= 0.6 is 0 Å². The molecule has 0 heterocycles. The number of hydrogen-bond donors (Lipinski definition) is 2. The lowest BCUT2D eigenvalue weighted by molar-refractivity contribution is -0.596. The Kier molecular flexibility index (Phi) is 12.0. The van der Waals surface area contributed by atoms with E-state index in [-0.39, 0.29) is 12.8 Å². The number of rotatable bonds is 5. The number of carboxylic acids is 2. The zero-order chi connectivity index (χ0) is 10.7. The number of unbranched alkanes of at least 4 members (excludes halogenated alkanes) is 1. The molecule has 78 valence electrons. The molecule has 0 fully saturated rings. The van der Waals surface area contributed by atoms with Crippen LogP contribution in [0.1, 0.15) is 25.7 Å². The van der Waals surface area contributed by atoms with Crippen molar-refractivity contribution in [3.8, 4) is 0 Å². The predicted octanol–water partition coefficient (Wildman–Crippen LogP) is -4.53. The molecule has 0 unspecified atom stereocenters. The van der Waals surface area contributed by atoms with Gasteiger partial charge in [-0.1, -0.05) is 0 Å². The standard InChI is InChI=1S/C6H10O4.CH6N2/c7-5(8)3-1-2-4-6(9)10;2-1-3/h1-4H2,(H,7,8)(H,9,10);1-3H2. The van der Waals surface area contributed by atoms with Gasteiger partial charge in [0.2, 0.25) is 0 Å². The van der Waals surface area contributed by atoms with Crippen LogP contribution in [0, 0.1) is 0 Å². The van der Waals surface area contributed by atoms with Crippen molar-refractivity contribution in [3.63, 3.8) is 0 Å². The van der Waals surface area contributed by atoms with E-state index < -0.39 is 11.9 Å². The third-order valence-electron chi connectivity index (χ3n) is 1.01. The molecule has 0 radical (unpaired) electrons. The minimum absolute atomic E-state index is 0.0761. The summed E-state index contributed by atoms with van der Waals surface area (Å²) < 4.78 is 0. The summed E-state index contributed by atoms with van der Waals surface area (Å²) >= 11 is 0. The van der Waals surface area contributed by atoms with Gasteiger partial charge in [0.1, 0.15) is 0 Å². The summed E-state index contributed by atoms with van der Waals surface area (Å²) in [5.41, 5.74) is 6.75. The maximum atomic E-state index is 9.77. The highest BCUT2D eigenvalue weighted by atomic mass is 16.4. The summed E-state index contributed by atoms with van der Waals surface area (Å²) in [6.07, 6.45) is 0.535. The first kappa shape index (κ1) is 14.4. The number of carboxylic acid groups (broad SMARTS) is 2. The normalized spacial score (nSPS) is 8.46. The number of carbonyl (C=O) groups is 2. The molecule has 0 atom stereocenters. The summed E-state index contributed by atoms with van der Waals surface area (Å²) in [7, 11) is 0. The minimum Gasteiger partial charge on any atom is -0.550 e. The molecule has 0 bridgehead atoms. The van der Waals surface area contributed by atoms with Gasteiger partial charge in [0, 0.05) is 11.9 Å². The average Bonchev–Trinajstić information content (AvgIpc) is 1.99. The molecule has 6 heteroatoms. The minimum atomic E-state index is -1.14. The quantitative estimate of drug-likeness (QED) is 0.335. The van der Waals surface area contributed by atoms with Crippen LogP contribution in [0.2, 0.25) is 0 Å². The van der Waals surface area contributed by atoms with Crippen molar-refractivity contribution >= 4 is 11.9 Å². The molecule has 0 aromatic heterocycles. The van der Waals surface area contributed by atoms with E-state index in [0.717, 1.165) is 6.67 Å². The highest BCUT2D eigenvalue weighted by Gasteiger charge is 1.89. The topological polar surface area (TPSA) is 136 Å². The van der Waals surface area contributed by atoms with Crippen molar-refractivity contribution in [3.05, 3.63) is 0 Å². The second kappa shape index (κ2) is 10.9. The average molecular weight is 192 g/mol. The van der Waals surface area contributed by atoms with Crippen molar-refractivity contribution in [2.45, 2.75) is 25.7 Å². The molecule has 0 amide bonds. The first-order valence-electron chi connectivity index (χ1n) is 4.02. The lowest BCUT2D eigenvalue weighted by Gasteiger charge is -2.01. The largest absolute Gasteiger partial charge is 0.550 e. The summed E-state index contributed by atoms with van der Waals surface area (Å²) in [4.78, 5) is 19.5. The van der Waals surface area contributed by atoms with E-state index in [4.69, 9.17) is 0 Å². The Morgan fingerprint density at radius 2 is 1.15 bits per heavy atom. The number of quaternary nitrogens is 2. The SMILES string of the molecule is O=C([O-])CCCCC(=O)[O-].[NH3+]C[NH3+]. The zero-order valence-corrected chi connectivity index (χ0v) is 7.58. The van der Waals surface area contributed by atoms with Gasteiger partial charge in [-0.25, -0.2) is 0 Å². The first-order valence-corrected chi connectivity index (χ1v) is 4.02. The number of aliphatic carboxylic acids is 2. The molecular formula is C7H16N2O4. The van der Waals surface area contributed by atoms with Crippen LogP contribution in [-0.4, -0.2) is 18.6 Å². The summed E-state index contributed by atoms with van der Waals surface area (Å²) in [6.45, 7) is 0.750. The molecule has 0 spiro atoms. The van der Waals surface area contributed by atoms with Crippen molar-refractivity contribution in [2.75, 3.05) is 6.67 Å². The monoisotopic (exact) mass is 192 g/mol. The van der Waals surface area contributed by atoms with Gasteiger partial charge in [0.25, 0.3) is 0 Å². The molecule has 6 N–H and O–H groups in total. The van der Waals surface area contributed by atoms with Gasteiger partial charge in [0.05, 0.1) is 0 Å². The van der Waals surface area contributed by atoms with Crippen molar-refractivity contribution in [1.82, 2.24) is 0 Å². The molecule has 13 heavy (non-hydrogen) atoms. The molecule has 0 aliphatic carbocycles. The van der Waals surface area contributed by atoms with Gasteiger partial charge in [-0.2, -0.15) is 0 Å². The van der Waals surface area contributed by atoms with E-state index in [0.29, 0.717) is 12.8 Å². The van der Waals surface area contributed by atoms with Crippen molar-refractivity contribution in [1.29, 1.82) is 0 Å². The molecule has 0 saturated heterocycles. The van der Waals surface area contributed by atoms with Crippen LogP contribution in [-0.2, 0) is 9.59 Å². The fraction of sp³-hybridized carbons (Fsp3) is 0.714. The van der Waals surface area contributed by atoms with Gasteiger partial charge < -0.3 is 31.3 Å². The lowest BCUT2D eigenvalue weighted by Crippen LogP contribution is -2.74. The van der Waals surface area contributed by atoms with Gasteiger partial charge in [-0.15, -0.1) is 0 Å². The molecule has 0 aliphatic rings. The van der Waals surface area contributed by atoms with Crippen LogP contribution in [0.15, 0.2) is 0 Å². The Balaban J connectivity index is 0. The van der Waals surface area contributed by atoms with Crippen LogP contribution in [0.5, 0.6) is 0 Å². The van der Waals surface area contributed by atoms with Gasteiger partial charge >= 0.3 is 0 Å². The Bertz CT molecular complexity index is 133. The predicted molar refractivity (Wildman–Crippen MR) is 39.1 cm³/mol. The third-order valence-corrected chi connectivity index (χ3v) is 1.01. The second-order valence-electron chi connectivity index (χ2n) is 2.30. The maximum absolute atomic E-state index is 9.77. The van der Waals surface area contributed by atoms with E-state index >= 15 is 0 Å². The molecule has 0 aromatic rings. The second-order valence-corrected chi connectivity index (χ2v) is 2.30. The smallest absolute Gasteiger partial charge is 0.198 e. The van der Waals surface area contributed by atoms with E-state index in [1.54, 1.807) is 0 Å². The van der Waals surface area contributed by atoms with E-state index in [9.17, 15) is 19.8 Å². The third kappa shape index (κ3) is 24.8. The zero-order valence-electron chi connectivity index (χ0n) is 7.58. The van der Waals surface area contributed by atoms with E-state index in [1.165, 1.54) is 0 Å². The van der Waals surface area contributed by atoms with Gasteiger partial charge in [-0.3, -0.25) is 0 Å². The van der Waals surface area contributed by atoms with Crippen molar-refractivity contribution in [2.24, 2.45) is 0 Å². The Morgan fingerprint density at radius 3 is 1.31 bits per heavy atom. The van der Waals surface area contributed by atoms with Crippen LogP contribution in [0.3, 0.4) is 0 Å². The highest BCUT2D eigenvalue weighted by Crippen LogP contribution is 1.96. The van der Waals surface area contributed by atoms with Crippen LogP contribution in [0.25, 0.3) is 0 Å². The summed E-state index contributed by atoms with van der Waals surface area (Å²) in [6, 6.07) is 0. The molecule has 6 nitrogen and oxygen atoms in total. The fourth-order valence-electron chi connectivity index (χ4n) is 0.539. The lowest BCUT2D eigenvalue weighted by atomic mass is 10.2. The fourth-order valence-corrected chi connectivity index (χ4v) is 0.539. The number of hydrogen-bond acceptors (Lipinski definition) is 4. The van der Waals surface area contributed by atoms with Gasteiger partial charge in [0.15, 0.2) is 6.67 Å². The highest BCUT2D eigenvalue weighted by molar-refractivity contribution is 5.65. The van der Waals surface area contributed by atoms with Crippen LogP contribution < -0.4 is 21.7 Å². The Hall–Kier alpha value is -1.14. The van der Waals surface area contributed by atoms with E-state index in [1.807, 2.05) is 0 Å². The Labute approximate surface area is 76.5 Å². The first-order chi connectivity index (χ1) is 6.04.